The van der Waals surface area contributed by atoms with Crippen LogP contribution in [-0.4, -0.2) is 17.2 Å². The molecule has 1 atom stereocenters. The first kappa shape index (κ1) is 17.7. The van der Waals surface area contributed by atoms with Crippen molar-refractivity contribution in [1.29, 1.82) is 0 Å². The second kappa shape index (κ2) is 6.85. The monoisotopic (exact) mass is 337 g/mol. The summed E-state index contributed by atoms with van der Waals surface area (Å²) >= 11 is 5.91. The molecular formula is C18H21ClFNO2. The average Bonchev–Trinajstić information content (AvgIpc) is 2.53. The molecule has 1 heterocycles. The minimum Gasteiger partial charge on any atom is -0.481 e. The highest BCUT2D eigenvalue weighted by molar-refractivity contribution is 6.17. The highest BCUT2D eigenvalue weighted by Crippen LogP contribution is 2.39. The fraction of sp³-hybridized carbons (Fsp3) is 0.389. The van der Waals surface area contributed by atoms with E-state index in [1.807, 2.05) is 32.9 Å². The Bertz CT molecular complexity index is 698. The zero-order valence-corrected chi connectivity index (χ0v) is 14.5. The van der Waals surface area contributed by atoms with Gasteiger partial charge in [0.05, 0.1) is 19.4 Å². The molecule has 0 aliphatic rings. The lowest BCUT2D eigenvalue weighted by atomic mass is 9.81. The number of hydrogen-bond donors (Lipinski definition) is 1. The maximum Gasteiger partial charge on any atom is 0.213 e. The van der Waals surface area contributed by atoms with Gasteiger partial charge >= 0.3 is 0 Å². The van der Waals surface area contributed by atoms with Crippen molar-refractivity contribution < 1.29 is 14.2 Å². The van der Waals surface area contributed by atoms with E-state index in [-0.39, 0.29) is 0 Å². The fourth-order valence-corrected chi connectivity index (χ4v) is 2.54. The maximum atomic E-state index is 14.3. The number of pyridine rings is 1. The third-order valence-electron chi connectivity index (χ3n) is 3.71. The number of benzene rings is 1. The van der Waals surface area contributed by atoms with Gasteiger partial charge in [-0.3, -0.25) is 0 Å². The Morgan fingerprint density at radius 1 is 1.26 bits per heavy atom. The predicted molar refractivity (Wildman–Crippen MR) is 90.2 cm³/mol. The first-order chi connectivity index (χ1) is 10.8. The largest absolute Gasteiger partial charge is 0.481 e. The highest BCUT2D eigenvalue weighted by atomic mass is 35.5. The van der Waals surface area contributed by atoms with Gasteiger partial charge in [-0.05, 0) is 22.1 Å². The van der Waals surface area contributed by atoms with Crippen LogP contribution < -0.4 is 4.74 Å². The van der Waals surface area contributed by atoms with Crippen molar-refractivity contribution in [3.05, 3.63) is 47.4 Å². The number of aliphatic hydroxyl groups excluding tert-OH is 1. The van der Waals surface area contributed by atoms with E-state index in [9.17, 15) is 9.50 Å². The molecule has 0 unspecified atom stereocenters. The van der Waals surface area contributed by atoms with E-state index in [1.165, 1.54) is 13.2 Å². The summed E-state index contributed by atoms with van der Waals surface area (Å²) in [4.78, 5) is 3.86. The minimum absolute atomic E-state index is 0.319. The van der Waals surface area contributed by atoms with Crippen LogP contribution in [0.3, 0.4) is 0 Å². The molecule has 1 aromatic carbocycles. The Labute approximate surface area is 141 Å². The van der Waals surface area contributed by atoms with Gasteiger partial charge in [0.25, 0.3) is 0 Å². The summed E-state index contributed by atoms with van der Waals surface area (Å²) in [6.07, 6.45) is 0.357. The van der Waals surface area contributed by atoms with E-state index in [0.717, 1.165) is 11.8 Å². The second-order valence-electron chi connectivity index (χ2n) is 6.53. The molecule has 0 spiro atoms. The summed E-state index contributed by atoms with van der Waals surface area (Å²) in [5.74, 6) is 0.178. The SMILES string of the molecule is COc1cc(-c2ccc(CCl)cc2[C@@H](O)C(C)(C)C)c(F)cn1. The standard InChI is InChI=1S/C18H21ClFNO2/c1-18(2,3)17(22)14-7-11(9-19)5-6-12(14)13-8-16(23-4)21-10-15(13)20/h5-8,10,17,22H,9H2,1-4H3/t17-/m1/s1. The van der Waals surface area contributed by atoms with E-state index in [4.69, 9.17) is 16.3 Å². The Hall–Kier alpha value is -1.65. The van der Waals surface area contributed by atoms with E-state index < -0.39 is 17.3 Å². The number of rotatable bonds is 4. The molecule has 2 rings (SSSR count). The van der Waals surface area contributed by atoms with Gasteiger partial charge in [-0.15, -0.1) is 11.6 Å². The van der Waals surface area contributed by atoms with Crippen LogP contribution >= 0.6 is 11.6 Å². The Kier molecular flexibility index (Phi) is 5.27. The lowest BCUT2D eigenvalue weighted by molar-refractivity contribution is 0.0631. The molecular weight excluding hydrogens is 317 g/mol. The third-order valence-corrected chi connectivity index (χ3v) is 4.02. The molecule has 2 aromatic rings. The number of methoxy groups -OCH3 is 1. The number of aliphatic hydroxyl groups is 1. The highest BCUT2D eigenvalue weighted by Gasteiger charge is 2.27. The minimum atomic E-state index is -0.765. The van der Waals surface area contributed by atoms with Crippen molar-refractivity contribution in [3.63, 3.8) is 0 Å². The van der Waals surface area contributed by atoms with Gasteiger partial charge in [-0.1, -0.05) is 39.0 Å². The molecule has 0 saturated heterocycles. The van der Waals surface area contributed by atoms with Crippen molar-refractivity contribution >= 4 is 11.6 Å². The smallest absolute Gasteiger partial charge is 0.213 e. The zero-order chi connectivity index (χ0) is 17.2. The molecule has 124 valence electrons. The summed E-state index contributed by atoms with van der Waals surface area (Å²) in [7, 11) is 1.48. The van der Waals surface area contributed by atoms with Crippen LogP contribution in [0.5, 0.6) is 5.88 Å². The summed E-state index contributed by atoms with van der Waals surface area (Å²) in [6, 6.07) is 6.96. The molecule has 5 heteroatoms. The maximum absolute atomic E-state index is 14.3. The quantitative estimate of drug-likeness (QED) is 0.821. The normalized spacial score (nSPS) is 13.0. The second-order valence-corrected chi connectivity index (χ2v) is 6.80. The van der Waals surface area contributed by atoms with Crippen molar-refractivity contribution in [3.8, 4) is 17.0 Å². The Morgan fingerprint density at radius 3 is 2.52 bits per heavy atom. The first-order valence-corrected chi connectivity index (χ1v) is 7.88. The Morgan fingerprint density at radius 2 is 1.96 bits per heavy atom. The van der Waals surface area contributed by atoms with Crippen molar-refractivity contribution in [2.75, 3.05) is 7.11 Å². The number of halogens is 2. The molecule has 0 amide bonds. The molecule has 0 aliphatic carbocycles. The summed E-state index contributed by atoms with van der Waals surface area (Å²) in [5, 5.41) is 10.7. The van der Waals surface area contributed by atoms with Gasteiger partial charge in [0, 0.05) is 17.5 Å². The van der Waals surface area contributed by atoms with Crippen molar-refractivity contribution in [2.45, 2.75) is 32.8 Å². The number of ether oxygens (including phenoxy) is 1. The molecule has 0 radical (unpaired) electrons. The van der Waals surface area contributed by atoms with Gasteiger partial charge in [0.15, 0.2) is 0 Å². The van der Waals surface area contributed by atoms with Crippen LogP contribution in [0.15, 0.2) is 30.5 Å². The molecule has 3 nitrogen and oxygen atoms in total. The predicted octanol–water partition coefficient (Wildman–Crippen LogP) is 4.71. The Balaban J connectivity index is 2.67. The topological polar surface area (TPSA) is 42.4 Å². The summed E-state index contributed by atoms with van der Waals surface area (Å²) < 4.78 is 19.4. The molecule has 23 heavy (non-hydrogen) atoms. The van der Waals surface area contributed by atoms with Crippen LogP contribution in [-0.2, 0) is 5.88 Å². The number of alkyl halides is 1. The van der Waals surface area contributed by atoms with Gasteiger partial charge in [0.1, 0.15) is 5.82 Å². The van der Waals surface area contributed by atoms with Crippen molar-refractivity contribution in [1.82, 2.24) is 4.98 Å². The van der Waals surface area contributed by atoms with E-state index in [1.54, 1.807) is 6.07 Å². The summed E-state index contributed by atoms with van der Waals surface area (Å²) in [5.41, 5.74) is 2.07. The lowest BCUT2D eigenvalue weighted by Gasteiger charge is -2.28. The number of hydrogen-bond acceptors (Lipinski definition) is 3. The lowest BCUT2D eigenvalue weighted by Crippen LogP contribution is -2.19. The zero-order valence-electron chi connectivity index (χ0n) is 13.7. The van der Waals surface area contributed by atoms with E-state index >= 15 is 0 Å². The average molecular weight is 338 g/mol. The van der Waals surface area contributed by atoms with Crippen LogP contribution in [0.25, 0.3) is 11.1 Å². The molecule has 0 fully saturated rings. The molecule has 0 saturated carbocycles. The van der Waals surface area contributed by atoms with Gasteiger partial charge in [-0.2, -0.15) is 0 Å². The molecule has 0 bridgehead atoms. The van der Waals surface area contributed by atoms with E-state index in [0.29, 0.717) is 28.5 Å². The van der Waals surface area contributed by atoms with Gasteiger partial charge < -0.3 is 9.84 Å². The van der Waals surface area contributed by atoms with Crippen LogP contribution in [0.1, 0.15) is 38.0 Å². The fourth-order valence-electron chi connectivity index (χ4n) is 2.37. The van der Waals surface area contributed by atoms with Crippen LogP contribution in [0, 0.1) is 11.2 Å². The van der Waals surface area contributed by atoms with E-state index in [2.05, 4.69) is 4.98 Å². The molecule has 1 aromatic heterocycles. The van der Waals surface area contributed by atoms with Crippen molar-refractivity contribution in [2.24, 2.45) is 5.41 Å². The van der Waals surface area contributed by atoms with Crippen LogP contribution in [0.4, 0.5) is 4.39 Å². The van der Waals surface area contributed by atoms with Crippen LogP contribution in [0.2, 0.25) is 0 Å². The van der Waals surface area contributed by atoms with Gasteiger partial charge in [-0.25, -0.2) is 9.37 Å². The number of aromatic nitrogens is 1. The molecule has 0 aliphatic heterocycles. The first-order valence-electron chi connectivity index (χ1n) is 7.34. The number of nitrogens with zero attached hydrogens (tertiary/aromatic N) is 1. The molecule has 1 N–H and O–H groups in total. The third kappa shape index (κ3) is 3.82. The van der Waals surface area contributed by atoms with Gasteiger partial charge in [0.2, 0.25) is 5.88 Å². The summed E-state index contributed by atoms with van der Waals surface area (Å²) in [6.45, 7) is 5.79.